The Morgan fingerprint density at radius 1 is 1.10 bits per heavy atom. The Hall–Kier alpha value is -2.07. The van der Waals surface area contributed by atoms with Crippen LogP contribution in [0.25, 0.3) is 0 Å². The van der Waals surface area contributed by atoms with Crippen molar-refractivity contribution in [3.05, 3.63) is 52.8 Å². The van der Waals surface area contributed by atoms with Crippen LogP contribution in [-0.2, 0) is 6.54 Å². The van der Waals surface area contributed by atoms with Gasteiger partial charge in [-0.25, -0.2) is 4.39 Å². The van der Waals surface area contributed by atoms with E-state index >= 15 is 0 Å². The van der Waals surface area contributed by atoms with Crippen molar-refractivity contribution in [1.29, 1.82) is 0 Å². The Morgan fingerprint density at radius 2 is 1.81 bits per heavy atom. The van der Waals surface area contributed by atoms with Gasteiger partial charge in [-0.3, -0.25) is 0 Å². The van der Waals surface area contributed by atoms with Crippen LogP contribution in [0.3, 0.4) is 0 Å². The SMILES string of the molecule is CNCc1cc(F)c(C)cc1Oc1cccc(OC)c1C. The molecule has 3 nitrogen and oxygen atoms in total. The topological polar surface area (TPSA) is 30.5 Å². The van der Waals surface area contributed by atoms with Gasteiger partial charge >= 0.3 is 0 Å². The number of halogens is 1. The van der Waals surface area contributed by atoms with Gasteiger partial charge in [0.2, 0.25) is 0 Å². The van der Waals surface area contributed by atoms with E-state index in [9.17, 15) is 4.39 Å². The van der Waals surface area contributed by atoms with Gasteiger partial charge in [0, 0.05) is 17.7 Å². The van der Waals surface area contributed by atoms with Gasteiger partial charge in [0.05, 0.1) is 7.11 Å². The summed E-state index contributed by atoms with van der Waals surface area (Å²) in [5, 5.41) is 3.02. The normalized spacial score (nSPS) is 10.5. The molecule has 2 rings (SSSR count). The molecule has 0 amide bonds. The summed E-state index contributed by atoms with van der Waals surface area (Å²) >= 11 is 0. The van der Waals surface area contributed by atoms with Crippen LogP contribution in [0.15, 0.2) is 30.3 Å². The van der Waals surface area contributed by atoms with E-state index in [1.807, 2.05) is 32.2 Å². The Bertz CT molecular complexity index is 641. The maximum Gasteiger partial charge on any atom is 0.134 e. The first-order valence-corrected chi connectivity index (χ1v) is 6.82. The standard InChI is InChI=1S/C17H20FNO2/c1-11-8-17(13(10-19-3)9-14(11)18)21-16-7-5-6-15(20-4)12(16)2/h5-9,19H,10H2,1-4H3. The predicted molar refractivity (Wildman–Crippen MR) is 81.7 cm³/mol. The lowest BCUT2D eigenvalue weighted by Crippen LogP contribution is -2.07. The van der Waals surface area contributed by atoms with E-state index in [0.717, 1.165) is 16.9 Å². The van der Waals surface area contributed by atoms with Crippen LogP contribution in [0.1, 0.15) is 16.7 Å². The van der Waals surface area contributed by atoms with Crippen LogP contribution >= 0.6 is 0 Å². The molecular formula is C17H20FNO2. The van der Waals surface area contributed by atoms with Crippen molar-refractivity contribution < 1.29 is 13.9 Å². The van der Waals surface area contributed by atoms with Crippen molar-refractivity contribution >= 4 is 0 Å². The van der Waals surface area contributed by atoms with E-state index in [1.54, 1.807) is 20.1 Å². The van der Waals surface area contributed by atoms with Crippen molar-refractivity contribution in [2.24, 2.45) is 0 Å². The highest BCUT2D eigenvalue weighted by molar-refractivity contribution is 5.48. The van der Waals surface area contributed by atoms with Crippen molar-refractivity contribution in [3.8, 4) is 17.2 Å². The van der Waals surface area contributed by atoms with Gasteiger partial charge in [-0.05, 0) is 50.7 Å². The van der Waals surface area contributed by atoms with Crippen LogP contribution in [0.4, 0.5) is 4.39 Å². The number of benzene rings is 2. The summed E-state index contributed by atoms with van der Waals surface area (Å²) in [6, 6.07) is 8.86. The third-order valence-electron chi connectivity index (χ3n) is 3.38. The molecule has 0 saturated heterocycles. The van der Waals surface area contributed by atoms with Crippen LogP contribution in [0.2, 0.25) is 0 Å². The molecule has 1 N–H and O–H groups in total. The van der Waals surface area contributed by atoms with Crippen molar-refractivity contribution in [1.82, 2.24) is 5.32 Å². The molecule has 0 radical (unpaired) electrons. The van der Waals surface area contributed by atoms with Gasteiger partial charge in [-0.2, -0.15) is 0 Å². The molecule has 0 atom stereocenters. The number of nitrogens with one attached hydrogen (secondary N) is 1. The van der Waals surface area contributed by atoms with Gasteiger partial charge in [0.1, 0.15) is 23.1 Å². The maximum atomic E-state index is 13.7. The van der Waals surface area contributed by atoms with Crippen LogP contribution in [0.5, 0.6) is 17.2 Å². The van der Waals surface area contributed by atoms with Gasteiger partial charge in [0.25, 0.3) is 0 Å². The minimum atomic E-state index is -0.227. The van der Waals surface area contributed by atoms with Crippen LogP contribution in [-0.4, -0.2) is 14.2 Å². The lowest BCUT2D eigenvalue weighted by atomic mass is 10.1. The third-order valence-corrected chi connectivity index (χ3v) is 3.38. The fourth-order valence-corrected chi connectivity index (χ4v) is 2.16. The summed E-state index contributed by atoms with van der Waals surface area (Å²) < 4.78 is 25.0. The number of aryl methyl sites for hydroxylation is 1. The molecule has 0 heterocycles. The zero-order valence-corrected chi connectivity index (χ0v) is 12.8. The molecule has 2 aromatic carbocycles. The van der Waals surface area contributed by atoms with Crippen LogP contribution < -0.4 is 14.8 Å². The monoisotopic (exact) mass is 289 g/mol. The van der Waals surface area contributed by atoms with E-state index in [-0.39, 0.29) is 5.82 Å². The summed E-state index contributed by atoms with van der Waals surface area (Å²) in [5.74, 6) is 1.90. The van der Waals surface area contributed by atoms with Crippen LogP contribution in [0, 0.1) is 19.7 Å². The quantitative estimate of drug-likeness (QED) is 0.903. The minimum absolute atomic E-state index is 0.227. The lowest BCUT2D eigenvalue weighted by Gasteiger charge is -2.15. The molecule has 0 unspecified atom stereocenters. The number of rotatable bonds is 5. The first-order chi connectivity index (χ1) is 10.1. The highest BCUT2D eigenvalue weighted by Crippen LogP contribution is 2.33. The van der Waals surface area contributed by atoms with E-state index in [4.69, 9.17) is 9.47 Å². The van der Waals surface area contributed by atoms with E-state index in [0.29, 0.717) is 23.6 Å². The van der Waals surface area contributed by atoms with Gasteiger partial charge in [-0.15, -0.1) is 0 Å². The molecular weight excluding hydrogens is 269 g/mol. The second-order valence-corrected chi connectivity index (χ2v) is 4.92. The average molecular weight is 289 g/mol. The Kier molecular flexibility index (Phi) is 4.81. The molecule has 0 aliphatic rings. The summed E-state index contributed by atoms with van der Waals surface area (Å²) in [7, 11) is 3.44. The zero-order chi connectivity index (χ0) is 15.4. The van der Waals surface area contributed by atoms with Crippen molar-refractivity contribution in [2.45, 2.75) is 20.4 Å². The Balaban J connectivity index is 2.41. The average Bonchev–Trinajstić information content (AvgIpc) is 2.46. The van der Waals surface area contributed by atoms with Gasteiger partial charge in [-0.1, -0.05) is 6.07 Å². The smallest absolute Gasteiger partial charge is 0.134 e. The summed E-state index contributed by atoms with van der Waals surface area (Å²) in [6.45, 7) is 4.20. The Morgan fingerprint density at radius 3 is 2.48 bits per heavy atom. The first kappa shape index (κ1) is 15.3. The molecule has 0 aliphatic carbocycles. The van der Waals surface area contributed by atoms with Gasteiger partial charge in [0.15, 0.2) is 0 Å². The summed E-state index contributed by atoms with van der Waals surface area (Å²) in [5.41, 5.74) is 2.26. The maximum absolute atomic E-state index is 13.7. The lowest BCUT2D eigenvalue weighted by molar-refractivity contribution is 0.403. The Labute approximate surface area is 124 Å². The number of methoxy groups -OCH3 is 1. The van der Waals surface area contributed by atoms with Crippen molar-refractivity contribution in [2.75, 3.05) is 14.2 Å². The second kappa shape index (κ2) is 6.59. The summed E-state index contributed by atoms with van der Waals surface area (Å²) in [4.78, 5) is 0. The molecule has 0 aliphatic heterocycles. The third kappa shape index (κ3) is 3.34. The highest BCUT2D eigenvalue weighted by atomic mass is 19.1. The minimum Gasteiger partial charge on any atom is -0.496 e. The van der Waals surface area contributed by atoms with Crippen molar-refractivity contribution in [3.63, 3.8) is 0 Å². The number of hydrogen-bond donors (Lipinski definition) is 1. The van der Waals surface area contributed by atoms with E-state index in [1.165, 1.54) is 6.07 Å². The molecule has 4 heteroatoms. The fourth-order valence-electron chi connectivity index (χ4n) is 2.16. The molecule has 21 heavy (non-hydrogen) atoms. The second-order valence-electron chi connectivity index (χ2n) is 4.92. The van der Waals surface area contributed by atoms with E-state index < -0.39 is 0 Å². The molecule has 0 aromatic heterocycles. The predicted octanol–water partition coefficient (Wildman–Crippen LogP) is 3.96. The largest absolute Gasteiger partial charge is 0.496 e. The summed E-state index contributed by atoms with van der Waals surface area (Å²) in [6.07, 6.45) is 0. The van der Waals surface area contributed by atoms with Gasteiger partial charge < -0.3 is 14.8 Å². The molecule has 0 spiro atoms. The number of hydrogen-bond acceptors (Lipinski definition) is 3. The molecule has 2 aromatic rings. The number of ether oxygens (including phenoxy) is 2. The molecule has 0 bridgehead atoms. The molecule has 112 valence electrons. The fraction of sp³-hybridized carbons (Fsp3) is 0.294. The highest BCUT2D eigenvalue weighted by Gasteiger charge is 2.12. The first-order valence-electron chi connectivity index (χ1n) is 6.82. The molecule has 0 saturated carbocycles. The van der Waals surface area contributed by atoms with E-state index in [2.05, 4.69) is 5.32 Å². The molecule has 0 fully saturated rings. The zero-order valence-electron chi connectivity index (χ0n) is 12.8.